The number of aromatic nitrogens is 4. The molecule has 4 rings (SSSR count). The Morgan fingerprint density at radius 1 is 0.968 bits per heavy atom. The molecule has 0 unspecified atom stereocenters. The average molecular weight is 425 g/mol. The van der Waals surface area contributed by atoms with Crippen molar-refractivity contribution in [2.45, 2.75) is 12.7 Å². The smallest absolute Gasteiger partial charge is 0.416 e. The van der Waals surface area contributed by atoms with Gasteiger partial charge in [0, 0.05) is 11.8 Å². The van der Waals surface area contributed by atoms with E-state index in [1.807, 2.05) is 24.3 Å². The Kier molecular flexibility index (Phi) is 5.33. The maximum absolute atomic E-state index is 12.7. The first kappa shape index (κ1) is 20.4. The van der Waals surface area contributed by atoms with Crippen LogP contribution in [0.2, 0.25) is 0 Å². The molecule has 158 valence electrons. The van der Waals surface area contributed by atoms with Gasteiger partial charge in [0.25, 0.3) is 0 Å². The standard InChI is InChI=1S/C22H18F3N5O/c1-31-18-8-4-15(5-9-18)19-20(27-13-28-21(19)26)16-10-29-30(12-16)11-14-2-6-17(7-3-14)22(23,24)25/h2-10,12-13H,11H2,1H3,(H2,26,27,28). The first-order valence-electron chi connectivity index (χ1n) is 9.29. The number of nitrogens with two attached hydrogens (primary N) is 1. The van der Waals surface area contributed by atoms with E-state index in [1.165, 1.54) is 18.5 Å². The number of nitrogens with zero attached hydrogens (tertiary/aromatic N) is 4. The molecule has 0 saturated heterocycles. The Bertz CT molecular complexity index is 1190. The van der Waals surface area contributed by atoms with E-state index >= 15 is 0 Å². The van der Waals surface area contributed by atoms with Crippen molar-refractivity contribution in [2.24, 2.45) is 0 Å². The Balaban J connectivity index is 1.63. The fourth-order valence-electron chi connectivity index (χ4n) is 3.22. The zero-order valence-corrected chi connectivity index (χ0v) is 16.5. The summed E-state index contributed by atoms with van der Waals surface area (Å²) in [5, 5.41) is 4.32. The number of alkyl halides is 3. The van der Waals surface area contributed by atoms with Gasteiger partial charge in [-0.1, -0.05) is 24.3 Å². The SMILES string of the molecule is COc1ccc(-c2c(N)ncnc2-c2cnn(Cc3ccc(C(F)(F)F)cc3)c2)cc1. The number of hydrogen-bond donors (Lipinski definition) is 1. The van der Waals surface area contributed by atoms with Crippen molar-refractivity contribution in [3.8, 4) is 28.1 Å². The van der Waals surface area contributed by atoms with Gasteiger partial charge in [0.1, 0.15) is 17.9 Å². The Morgan fingerprint density at radius 2 is 1.68 bits per heavy atom. The molecule has 0 saturated carbocycles. The highest BCUT2D eigenvalue weighted by atomic mass is 19.4. The van der Waals surface area contributed by atoms with E-state index in [0.717, 1.165) is 17.7 Å². The van der Waals surface area contributed by atoms with Crippen LogP contribution in [0.4, 0.5) is 19.0 Å². The summed E-state index contributed by atoms with van der Waals surface area (Å²) >= 11 is 0. The van der Waals surface area contributed by atoms with Gasteiger partial charge in [0.2, 0.25) is 0 Å². The van der Waals surface area contributed by atoms with Crippen LogP contribution in [0.3, 0.4) is 0 Å². The lowest BCUT2D eigenvalue weighted by Crippen LogP contribution is -2.05. The second-order valence-corrected chi connectivity index (χ2v) is 6.83. The van der Waals surface area contributed by atoms with Gasteiger partial charge in [-0.15, -0.1) is 0 Å². The molecule has 6 nitrogen and oxygen atoms in total. The van der Waals surface area contributed by atoms with Gasteiger partial charge in [0.05, 0.1) is 36.7 Å². The van der Waals surface area contributed by atoms with E-state index in [2.05, 4.69) is 15.1 Å². The highest BCUT2D eigenvalue weighted by Gasteiger charge is 2.29. The van der Waals surface area contributed by atoms with E-state index < -0.39 is 11.7 Å². The number of hydrogen-bond acceptors (Lipinski definition) is 5. The van der Waals surface area contributed by atoms with Crippen LogP contribution >= 0.6 is 0 Å². The van der Waals surface area contributed by atoms with Gasteiger partial charge in [-0.25, -0.2) is 9.97 Å². The number of rotatable bonds is 5. The van der Waals surface area contributed by atoms with Gasteiger partial charge < -0.3 is 10.5 Å². The van der Waals surface area contributed by atoms with Gasteiger partial charge in [-0.3, -0.25) is 4.68 Å². The molecule has 0 amide bonds. The molecule has 0 bridgehead atoms. The summed E-state index contributed by atoms with van der Waals surface area (Å²) in [6.45, 7) is 0.316. The number of methoxy groups -OCH3 is 1. The highest BCUT2D eigenvalue weighted by molar-refractivity contribution is 5.86. The van der Waals surface area contributed by atoms with Crippen LogP contribution in [0, 0.1) is 0 Å². The van der Waals surface area contributed by atoms with E-state index in [0.29, 0.717) is 40.5 Å². The summed E-state index contributed by atoms with van der Waals surface area (Å²) in [4.78, 5) is 8.49. The minimum atomic E-state index is -4.36. The number of benzene rings is 2. The predicted molar refractivity (Wildman–Crippen MR) is 110 cm³/mol. The third kappa shape index (κ3) is 4.35. The van der Waals surface area contributed by atoms with Crippen molar-refractivity contribution < 1.29 is 17.9 Å². The second kappa shape index (κ2) is 8.10. The molecule has 0 aliphatic heterocycles. The summed E-state index contributed by atoms with van der Waals surface area (Å²) in [5.41, 5.74) is 8.96. The van der Waals surface area contributed by atoms with Crippen LogP contribution < -0.4 is 10.5 Å². The van der Waals surface area contributed by atoms with Crippen LogP contribution in [-0.2, 0) is 12.7 Å². The van der Waals surface area contributed by atoms with Crippen LogP contribution in [0.25, 0.3) is 22.4 Å². The molecule has 2 aromatic carbocycles. The summed E-state index contributed by atoms with van der Waals surface area (Å²) in [7, 11) is 1.59. The van der Waals surface area contributed by atoms with Gasteiger partial charge in [-0.2, -0.15) is 18.3 Å². The molecular formula is C22H18F3N5O. The second-order valence-electron chi connectivity index (χ2n) is 6.83. The fraction of sp³-hybridized carbons (Fsp3) is 0.136. The lowest BCUT2D eigenvalue weighted by molar-refractivity contribution is -0.137. The molecule has 2 aromatic heterocycles. The maximum Gasteiger partial charge on any atom is 0.416 e. The Hall–Kier alpha value is -3.88. The number of ether oxygens (including phenoxy) is 1. The van der Waals surface area contributed by atoms with E-state index in [1.54, 1.807) is 24.2 Å². The van der Waals surface area contributed by atoms with Crippen molar-refractivity contribution in [1.82, 2.24) is 19.7 Å². The zero-order chi connectivity index (χ0) is 22.0. The molecule has 0 spiro atoms. The summed E-state index contributed by atoms with van der Waals surface area (Å²) < 4.78 is 45.1. The summed E-state index contributed by atoms with van der Waals surface area (Å²) in [6.07, 6.45) is 0.429. The summed E-state index contributed by atoms with van der Waals surface area (Å²) in [5.74, 6) is 1.04. The molecule has 2 N–H and O–H groups in total. The van der Waals surface area contributed by atoms with Crippen LogP contribution in [-0.4, -0.2) is 26.9 Å². The van der Waals surface area contributed by atoms with Gasteiger partial charge in [-0.05, 0) is 35.4 Å². The third-order valence-corrected chi connectivity index (χ3v) is 4.79. The number of nitrogen functional groups attached to an aromatic ring is 1. The van der Waals surface area contributed by atoms with Crippen LogP contribution in [0.15, 0.2) is 67.3 Å². The quantitative estimate of drug-likeness (QED) is 0.503. The van der Waals surface area contributed by atoms with Crippen molar-refractivity contribution >= 4 is 5.82 Å². The Labute approximate surface area is 176 Å². The minimum Gasteiger partial charge on any atom is -0.497 e. The monoisotopic (exact) mass is 425 g/mol. The lowest BCUT2D eigenvalue weighted by atomic mass is 10.0. The van der Waals surface area contributed by atoms with Gasteiger partial charge in [0.15, 0.2) is 0 Å². The molecule has 31 heavy (non-hydrogen) atoms. The number of halogens is 3. The molecule has 2 heterocycles. The normalized spacial score (nSPS) is 11.5. The molecule has 0 radical (unpaired) electrons. The number of anilines is 1. The first-order valence-corrected chi connectivity index (χ1v) is 9.29. The first-order chi connectivity index (χ1) is 14.8. The zero-order valence-electron chi connectivity index (χ0n) is 16.5. The van der Waals surface area contributed by atoms with Crippen molar-refractivity contribution in [1.29, 1.82) is 0 Å². The fourth-order valence-corrected chi connectivity index (χ4v) is 3.22. The Morgan fingerprint density at radius 3 is 2.32 bits per heavy atom. The molecule has 0 fully saturated rings. The minimum absolute atomic E-state index is 0.316. The molecule has 0 atom stereocenters. The van der Waals surface area contributed by atoms with Crippen molar-refractivity contribution in [3.63, 3.8) is 0 Å². The van der Waals surface area contributed by atoms with Crippen molar-refractivity contribution in [3.05, 3.63) is 78.4 Å². The van der Waals surface area contributed by atoms with Crippen LogP contribution in [0.1, 0.15) is 11.1 Å². The van der Waals surface area contributed by atoms with Crippen molar-refractivity contribution in [2.75, 3.05) is 12.8 Å². The van der Waals surface area contributed by atoms with E-state index in [9.17, 15) is 13.2 Å². The highest BCUT2D eigenvalue weighted by Crippen LogP contribution is 2.34. The maximum atomic E-state index is 12.7. The molecule has 0 aliphatic rings. The third-order valence-electron chi connectivity index (χ3n) is 4.79. The molecule has 9 heteroatoms. The molecular weight excluding hydrogens is 407 g/mol. The average Bonchev–Trinajstić information content (AvgIpc) is 3.22. The summed E-state index contributed by atoms with van der Waals surface area (Å²) in [6, 6.07) is 12.4. The molecule has 0 aliphatic carbocycles. The van der Waals surface area contributed by atoms with Crippen LogP contribution in [0.5, 0.6) is 5.75 Å². The molecule has 4 aromatic rings. The largest absolute Gasteiger partial charge is 0.497 e. The van der Waals surface area contributed by atoms with E-state index in [4.69, 9.17) is 10.5 Å². The van der Waals surface area contributed by atoms with E-state index in [-0.39, 0.29) is 0 Å². The predicted octanol–water partition coefficient (Wildman–Crippen LogP) is 4.67. The van der Waals surface area contributed by atoms with Gasteiger partial charge >= 0.3 is 6.18 Å². The topological polar surface area (TPSA) is 78.8 Å². The lowest BCUT2D eigenvalue weighted by Gasteiger charge is -2.10.